The summed E-state index contributed by atoms with van der Waals surface area (Å²) in [5.41, 5.74) is -1.16. The highest BCUT2D eigenvalue weighted by molar-refractivity contribution is 7.46. The molecule has 0 radical (unpaired) electrons. The molecule has 2 aromatic heterocycles. The number of phosphoric acid groups is 1. The van der Waals surface area contributed by atoms with Crippen LogP contribution in [0.5, 0.6) is 11.5 Å². The van der Waals surface area contributed by atoms with Crippen molar-refractivity contribution in [1.82, 2.24) is 14.1 Å². The Bertz CT molecular complexity index is 1340. The second-order valence-corrected chi connectivity index (χ2v) is 8.90. The molecule has 0 bridgehead atoms. The fraction of sp³-hybridized carbons (Fsp3) is 0.286. The van der Waals surface area contributed by atoms with Crippen LogP contribution in [-0.4, -0.2) is 59.0 Å². The van der Waals surface area contributed by atoms with Crippen molar-refractivity contribution in [3.8, 4) is 11.5 Å². The highest BCUT2D eigenvalue weighted by Gasteiger charge is 2.45. The summed E-state index contributed by atoms with van der Waals surface area (Å²) >= 11 is 0. The van der Waals surface area contributed by atoms with Gasteiger partial charge in [0.15, 0.2) is 6.23 Å². The molecule has 4 N–H and O–H groups in total. The molecule has 13 nitrogen and oxygen atoms in total. The summed E-state index contributed by atoms with van der Waals surface area (Å²) in [6, 6.07) is 13.2. The molecule has 1 saturated heterocycles. The van der Waals surface area contributed by atoms with Gasteiger partial charge in [-0.1, -0.05) is 18.2 Å². The molecule has 14 heteroatoms. The van der Waals surface area contributed by atoms with Gasteiger partial charge < -0.3 is 29.5 Å². The van der Waals surface area contributed by atoms with Crippen molar-refractivity contribution in [2.45, 2.75) is 31.1 Å². The van der Waals surface area contributed by atoms with Crippen LogP contribution in [0.4, 0.5) is 0 Å². The number of rotatable bonds is 8. The summed E-state index contributed by atoms with van der Waals surface area (Å²) in [7, 11) is -4.85. The summed E-state index contributed by atoms with van der Waals surface area (Å²) < 4.78 is 28.2. The smallest absolute Gasteiger partial charge is 0.457 e. The zero-order valence-electron chi connectivity index (χ0n) is 18.0. The molecule has 1 fully saturated rings. The Balaban J connectivity index is 1.56. The molecule has 4 atom stereocenters. The predicted octanol–water partition coefficient (Wildman–Crippen LogP) is -0.0259. The third-order valence-electron chi connectivity index (χ3n) is 5.20. The second kappa shape index (κ2) is 10.2. The molecule has 4 rings (SSSR count). The Morgan fingerprint density at radius 2 is 1.77 bits per heavy atom. The molecule has 3 aromatic rings. The molecule has 1 aliphatic heterocycles. The van der Waals surface area contributed by atoms with Gasteiger partial charge in [0.25, 0.3) is 5.56 Å². The molecular formula is C21H22N3O10P. The first-order chi connectivity index (χ1) is 16.6. The topological polar surface area (TPSA) is 183 Å². The van der Waals surface area contributed by atoms with Crippen molar-refractivity contribution in [3.05, 3.63) is 87.5 Å². The molecule has 1 aliphatic rings. The van der Waals surface area contributed by atoms with Crippen LogP contribution in [0.2, 0.25) is 0 Å². The molecule has 0 aliphatic carbocycles. The lowest BCUT2D eigenvalue weighted by atomic mass is 10.1. The van der Waals surface area contributed by atoms with Crippen molar-refractivity contribution in [3.63, 3.8) is 0 Å². The molecule has 1 unspecified atom stereocenters. The Labute approximate surface area is 197 Å². The van der Waals surface area contributed by atoms with Crippen molar-refractivity contribution in [2.24, 2.45) is 0 Å². The monoisotopic (exact) mass is 507 g/mol. The average Bonchev–Trinajstić information content (AvgIpc) is 3.09. The van der Waals surface area contributed by atoms with Gasteiger partial charge in [-0.05, 0) is 18.2 Å². The van der Waals surface area contributed by atoms with Crippen LogP contribution >= 0.6 is 7.82 Å². The van der Waals surface area contributed by atoms with Crippen molar-refractivity contribution in [2.75, 3.05) is 6.61 Å². The number of hydrogen-bond acceptors (Lipinski definition) is 9. The number of benzene rings is 1. The van der Waals surface area contributed by atoms with E-state index >= 15 is 0 Å². The van der Waals surface area contributed by atoms with E-state index in [4.69, 9.17) is 19.3 Å². The van der Waals surface area contributed by atoms with E-state index in [1.54, 1.807) is 24.3 Å². The number of nitrogens with zero attached hydrogens (tertiary/aromatic N) is 3. The predicted molar refractivity (Wildman–Crippen MR) is 119 cm³/mol. The summed E-state index contributed by atoms with van der Waals surface area (Å²) in [6.45, 7) is -0.952. The maximum atomic E-state index is 13.1. The Hall–Kier alpha value is -3.16. The Kier molecular flexibility index (Phi) is 7.28. The largest absolute Gasteiger partial charge is 0.469 e. The van der Waals surface area contributed by atoms with E-state index in [-0.39, 0.29) is 6.54 Å². The van der Waals surface area contributed by atoms with E-state index in [1.165, 1.54) is 6.20 Å². The summed E-state index contributed by atoms with van der Waals surface area (Å²) in [5.74, 6) is 1.03. The highest BCUT2D eigenvalue weighted by atomic mass is 31.2. The van der Waals surface area contributed by atoms with Crippen molar-refractivity contribution in [1.29, 1.82) is 0 Å². The maximum Gasteiger partial charge on any atom is 0.469 e. The number of phosphoric ester groups is 1. The average molecular weight is 507 g/mol. The maximum absolute atomic E-state index is 13.1. The van der Waals surface area contributed by atoms with Crippen LogP contribution in [-0.2, 0) is 20.4 Å². The van der Waals surface area contributed by atoms with Gasteiger partial charge >= 0.3 is 13.5 Å². The molecule has 3 heterocycles. The van der Waals surface area contributed by atoms with Gasteiger partial charge in [0.2, 0.25) is 0 Å². The summed E-state index contributed by atoms with van der Waals surface area (Å²) in [5, 5.41) is 20.5. The standard InChI is InChI=1S/C21H22N3O10P/c25-17-7-9-23(20-19(27)18(26)16(34-20)12-32-35(29,30)31)21(28)24(17)11-13-10-15(6-8-22-13)33-14-4-2-1-3-5-14/h1-10,16,18-20,26-27H,11-12H2,(H2,29,30,31)/t16-,18?,19+,20-/m1/s1. The van der Waals surface area contributed by atoms with E-state index < -0.39 is 50.2 Å². The Morgan fingerprint density at radius 1 is 1.03 bits per heavy atom. The normalized spacial score (nSPS) is 22.3. The molecule has 35 heavy (non-hydrogen) atoms. The van der Waals surface area contributed by atoms with Gasteiger partial charge in [-0.3, -0.25) is 23.4 Å². The first kappa shape index (κ1) is 24.9. The van der Waals surface area contributed by atoms with E-state index in [0.29, 0.717) is 17.2 Å². The number of para-hydroxylation sites is 1. The minimum Gasteiger partial charge on any atom is -0.457 e. The molecule has 186 valence electrons. The molecule has 0 saturated carbocycles. The van der Waals surface area contributed by atoms with E-state index in [0.717, 1.165) is 21.4 Å². The fourth-order valence-corrected chi connectivity index (χ4v) is 3.87. The van der Waals surface area contributed by atoms with Gasteiger partial charge in [-0.15, -0.1) is 0 Å². The number of aliphatic hydroxyl groups is 2. The molecule has 1 aromatic carbocycles. The third-order valence-corrected chi connectivity index (χ3v) is 5.69. The van der Waals surface area contributed by atoms with Gasteiger partial charge in [0.05, 0.1) is 18.8 Å². The van der Waals surface area contributed by atoms with Gasteiger partial charge in [0.1, 0.15) is 29.8 Å². The fourth-order valence-electron chi connectivity index (χ4n) is 3.53. The van der Waals surface area contributed by atoms with E-state index in [9.17, 15) is 24.4 Å². The quantitative estimate of drug-likeness (QED) is 0.301. The molecule has 0 spiro atoms. The first-order valence-corrected chi connectivity index (χ1v) is 11.9. The van der Waals surface area contributed by atoms with E-state index in [2.05, 4.69) is 9.51 Å². The van der Waals surface area contributed by atoms with E-state index in [1.807, 2.05) is 18.2 Å². The zero-order valence-corrected chi connectivity index (χ0v) is 18.9. The lowest BCUT2D eigenvalue weighted by Gasteiger charge is -2.18. The SMILES string of the molecule is O=c1ccn([C@@H]2O[C@H](COP(=O)(O)O)C(O)[C@@H]2O)c(=O)n1Cc1cc(Oc2ccccc2)ccn1. The highest BCUT2D eigenvalue weighted by Crippen LogP contribution is 2.38. The van der Waals surface area contributed by atoms with Crippen molar-refractivity contribution < 1.29 is 38.6 Å². The molecular weight excluding hydrogens is 485 g/mol. The Morgan fingerprint density at radius 3 is 2.49 bits per heavy atom. The number of aliphatic hydroxyl groups excluding tert-OH is 2. The number of pyridine rings is 1. The molecule has 0 amide bonds. The summed E-state index contributed by atoms with van der Waals surface area (Å²) in [6.07, 6.45) is -3.45. The van der Waals surface area contributed by atoms with Gasteiger partial charge in [-0.25, -0.2) is 9.36 Å². The summed E-state index contributed by atoms with van der Waals surface area (Å²) in [4.78, 5) is 47.4. The zero-order chi connectivity index (χ0) is 25.2. The van der Waals surface area contributed by atoms with Gasteiger partial charge in [0, 0.05) is 24.5 Å². The minimum absolute atomic E-state index is 0.222. The van der Waals surface area contributed by atoms with Crippen LogP contribution in [0.3, 0.4) is 0 Å². The van der Waals surface area contributed by atoms with Crippen LogP contribution < -0.4 is 16.0 Å². The van der Waals surface area contributed by atoms with Crippen LogP contribution in [0.25, 0.3) is 0 Å². The van der Waals surface area contributed by atoms with Crippen molar-refractivity contribution >= 4 is 7.82 Å². The van der Waals surface area contributed by atoms with Gasteiger partial charge in [-0.2, -0.15) is 0 Å². The lowest BCUT2D eigenvalue weighted by molar-refractivity contribution is -0.0548. The van der Waals surface area contributed by atoms with Crippen LogP contribution in [0.15, 0.2) is 70.5 Å². The van der Waals surface area contributed by atoms with Crippen LogP contribution in [0, 0.1) is 0 Å². The third kappa shape index (κ3) is 5.92. The van der Waals surface area contributed by atoms with Crippen LogP contribution in [0.1, 0.15) is 11.9 Å². The number of hydrogen-bond donors (Lipinski definition) is 4. The number of ether oxygens (including phenoxy) is 2. The number of aromatic nitrogens is 3. The first-order valence-electron chi connectivity index (χ1n) is 10.3. The second-order valence-electron chi connectivity index (χ2n) is 7.66. The lowest BCUT2D eigenvalue weighted by Crippen LogP contribution is -2.43. The minimum atomic E-state index is -4.85.